The lowest BCUT2D eigenvalue weighted by atomic mass is 10.0. The van der Waals surface area contributed by atoms with Crippen LogP contribution in [-0.2, 0) is 16.1 Å². The van der Waals surface area contributed by atoms with Crippen LogP contribution < -0.4 is 0 Å². The van der Waals surface area contributed by atoms with Crippen molar-refractivity contribution in [2.45, 2.75) is 6.54 Å². The molecule has 0 spiro atoms. The number of carbonyl (C=O) groups excluding carboxylic acids is 2. The Morgan fingerprint density at radius 2 is 1.57 bits per heavy atom. The highest BCUT2D eigenvalue weighted by molar-refractivity contribution is 7.16. The summed E-state index contributed by atoms with van der Waals surface area (Å²) < 4.78 is 0.725. The monoisotopic (exact) mass is 437 g/mol. The first-order valence-electron chi connectivity index (χ1n) is 9.59. The molecule has 0 atom stereocenters. The molecule has 3 heterocycles. The number of amides is 2. The average Bonchev–Trinajstić information content (AvgIpc) is 3.19. The van der Waals surface area contributed by atoms with Crippen molar-refractivity contribution in [3.05, 3.63) is 81.8 Å². The predicted octanol–water partition coefficient (Wildman–Crippen LogP) is 4.35. The second-order valence-electron chi connectivity index (χ2n) is 6.95. The fourth-order valence-electron chi connectivity index (χ4n) is 3.32. The summed E-state index contributed by atoms with van der Waals surface area (Å²) in [6.45, 7) is 1.89. The molecule has 7 heteroatoms. The number of rotatable bonds is 6. The molecule has 1 aromatic carbocycles. The summed E-state index contributed by atoms with van der Waals surface area (Å²) in [5, 5.41) is 0. The Bertz CT molecular complexity index is 1060. The Morgan fingerprint density at radius 3 is 2.27 bits per heavy atom. The fraction of sp³-hybridized carbons (Fsp3) is 0.174. The Labute approximate surface area is 184 Å². The summed E-state index contributed by atoms with van der Waals surface area (Å²) in [6.07, 6.45) is 7.33. The highest BCUT2D eigenvalue weighted by Gasteiger charge is 2.31. The molecule has 0 N–H and O–H groups in total. The standard InChI is InChI=1S/C23H20ClN3O2S/c24-21-8-7-20(30-21)2-1-13-26-14-15-27(23(29)22(26)28)16-17-3-5-18(6-4-17)19-9-11-25-12-10-19/h1-12H,13-16H2/b2-1+. The molecule has 2 amide bonds. The van der Waals surface area contributed by atoms with Crippen LogP contribution in [-0.4, -0.2) is 46.2 Å². The average molecular weight is 438 g/mol. The van der Waals surface area contributed by atoms with Crippen molar-refractivity contribution >= 4 is 40.8 Å². The van der Waals surface area contributed by atoms with Crippen molar-refractivity contribution in [3.8, 4) is 11.1 Å². The molecule has 1 aliphatic heterocycles. The van der Waals surface area contributed by atoms with Gasteiger partial charge in [0.1, 0.15) is 0 Å². The van der Waals surface area contributed by atoms with Gasteiger partial charge >= 0.3 is 11.8 Å². The van der Waals surface area contributed by atoms with Crippen LogP contribution in [0, 0.1) is 0 Å². The molecule has 0 aliphatic carbocycles. The van der Waals surface area contributed by atoms with Crippen LogP contribution in [0.15, 0.2) is 67.0 Å². The van der Waals surface area contributed by atoms with Crippen LogP contribution in [0.5, 0.6) is 0 Å². The molecule has 2 aromatic heterocycles. The highest BCUT2D eigenvalue weighted by Crippen LogP contribution is 2.23. The Morgan fingerprint density at radius 1 is 0.900 bits per heavy atom. The first kappa shape index (κ1) is 20.3. The van der Waals surface area contributed by atoms with Gasteiger partial charge in [0.25, 0.3) is 0 Å². The Hall–Kier alpha value is -2.96. The zero-order chi connectivity index (χ0) is 20.9. The van der Waals surface area contributed by atoms with Crippen LogP contribution in [0.4, 0.5) is 0 Å². The second-order valence-corrected chi connectivity index (χ2v) is 8.70. The molecule has 3 aromatic rings. The van der Waals surface area contributed by atoms with E-state index in [4.69, 9.17) is 11.6 Å². The van der Waals surface area contributed by atoms with Crippen LogP contribution in [0.3, 0.4) is 0 Å². The van der Waals surface area contributed by atoms with E-state index >= 15 is 0 Å². The van der Waals surface area contributed by atoms with Gasteiger partial charge in [0.05, 0.1) is 4.34 Å². The summed E-state index contributed by atoms with van der Waals surface area (Å²) in [6, 6.07) is 15.7. The van der Waals surface area contributed by atoms with Crippen molar-refractivity contribution < 1.29 is 9.59 Å². The van der Waals surface area contributed by atoms with Gasteiger partial charge in [-0.05, 0) is 47.0 Å². The molecule has 0 bridgehead atoms. The van der Waals surface area contributed by atoms with Crippen LogP contribution in [0.2, 0.25) is 4.34 Å². The molecule has 0 unspecified atom stereocenters. The number of nitrogens with zero attached hydrogens (tertiary/aromatic N) is 3. The first-order chi connectivity index (χ1) is 14.6. The van der Waals surface area contributed by atoms with Crippen molar-refractivity contribution in [1.29, 1.82) is 0 Å². The van der Waals surface area contributed by atoms with E-state index in [0.29, 0.717) is 26.2 Å². The predicted molar refractivity (Wildman–Crippen MR) is 120 cm³/mol. The topological polar surface area (TPSA) is 53.5 Å². The van der Waals surface area contributed by atoms with E-state index in [2.05, 4.69) is 4.98 Å². The lowest BCUT2D eigenvalue weighted by Crippen LogP contribution is -2.53. The van der Waals surface area contributed by atoms with E-state index in [-0.39, 0.29) is 0 Å². The van der Waals surface area contributed by atoms with E-state index in [1.807, 2.05) is 60.7 Å². The molecule has 0 saturated carbocycles. The molecule has 1 saturated heterocycles. The minimum absolute atomic E-state index is 0.411. The lowest BCUT2D eigenvalue weighted by molar-refractivity contribution is -0.156. The lowest BCUT2D eigenvalue weighted by Gasteiger charge is -2.33. The zero-order valence-electron chi connectivity index (χ0n) is 16.2. The van der Waals surface area contributed by atoms with Gasteiger partial charge in [0.15, 0.2) is 0 Å². The molecule has 1 fully saturated rings. The quantitative estimate of drug-likeness (QED) is 0.539. The maximum atomic E-state index is 12.6. The number of carbonyl (C=O) groups is 2. The highest BCUT2D eigenvalue weighted by atomic mass is 35.5. The van der Waals surface area contributed by atoms with Gasteiger partial charge < -0.3 is 9.80 Å². The number of thiophene rings is 1. The van der Waals surface area contributed by atoms with Gasteiger partial charge in [-0.15, -0.1) is 11.3 Å². The third-order valence-electron chi connectivity index (χ3n) is 4.94. The summed E-state index contributed by atoms with van der Waals surface area (Å²) in [7, 11) is 0. The van der Waals surface area contributed by atoms with Gasteiger partial charge in [-0.25, -0.2) is 0 Å². The van der Waals surface area contributed by atoms with Crippen molar-refractivity contribution in [2.75, 3.05) is 19.6 Å². The largest absolute Gasteiger partial charge is 0.329 e. The normalized spacial score (nSPS) is 14.7. The number of pyridine rings is 1. The SMILES string of the molecule is O=C1C(=O)N(Cc2ccc(-c3ccncc3)cc2)CCN1C/C=C/c1ccc(Cl)s1. The summed E-state index contributed by atoms with van der Waals surface area (Å²) in [5.41, 5.74) is 3.18. The summed E-state index contributed by atoms with van der Waals surface area (Å²) in [4.78, 5) is 33.3. The molecular formula is C23H20ClN3O2S. The first-order valence-corrected chi connectivity index (χ1v) is 10.8. The third-order valence-corrected chi connectivity index (χ3v) is 6.14. The zero-order valence-corrected chi connectivity index (χ0v) is 17.8. The maximum Gasteiger partial charge on any atom is 0.312 e. The van der Waals surface area contributed by atoms with Crippen LogP contribution >= 0.6 is 22.9 Å². The Kier molecular flexibility index (Phi) is 6.26. The number of hydrogen-bond donors (Lipinski definition) is 0. The molecule has 152 valence electrons. The number of halogens is 1. The third kappa shape index (κ3) is 4.78. The van der Waals surface area contributed by atoms with Crippen molar-refractivity contribution in [1.82, 2.24) is 14.8 Å². The minimum Gasteiger partial charge on any atom is -0.329 e. The second kappa shape index (κ2) is 9.24. The van der Waals surface area contributed by atoms with Gasteiger partial charge in [0.2, 0.25) is 0 Å². The number of benzene rings is 1. The van der Waals surface area contributed by atoms with Gasteiger partial charge in [0, 0.05) is 43.4 Å². The van der Waals surface area contributed by atoms with Crippen molar-refractivity contribution in [2.24, 2.45) is 0 Å². The fourth-order valence-corrected chi connectivity index (χ4v) is 4.31. The summed E-state index contributed by atoms with van der Waals surface area (Å²) >= 11 is 7.39. The van der Waals surface area contributed by atoms with Crippen LogP contribution in [0.1, 0.15) is 10.4 Å². The molecule has 0 radical (unpaired) electrons. The maximum absolute atomic E-state index is 12.6. The minimum atomic E-state index is -0.455. The van der Waals surface area contributed by atoms with E-state index in [1.165, 1.54) is 11.3 Å². The number of piperazine rings is 1. The van der Waals surface area contributed by atoms with E-state index < -0.39 is 11.8 Å². The van der Waals surface area contributed by atoms with Gasteiger partial charge in [-0.1, -0.05) is 41.9 Å². The molecule has 30 heavy (non-hydrogen) atoms. The molecular weight excluding hydrogens is 418 g/mol. The van der Waals surface area contributed by atoms with E-state index in [9.17, 15) is 9.59 Å². The summed E-state index contributed by atoms with van der Waals surface area (Å²) in [5.74, 6) is -0.907. The molecule has 5 nitrogen and oxygen atoms in total. The molecule has 4 rings (SSSR count). The smallest absolute Gasteiger partial charge is 0.312 e. The van der Waals surface area contributed by atoms with Gasteiger partial charge in [-0.3, -0.25) is 14.6 Å². The number of hydrogen-bond acceptors (Lipinski definition) is 4. The van der Waals surface area contributed by atoms with E-state index in [0.717, 1.165) is 25.9 Å². The van der Waals surface area contributed by atoms with Gasteiger partial charge in [-0.2, -0.15) is 0 Å². The van der Waals surface area contributed by atoms with Crippen LogP contribution in [0.25, 0.3) is 17.2 Å². The molecule has 1 aliphatic rings. The Balaban J connectivity index is 1.34. The number of aromatic nitrogens is 1. The van der Waals surface area contributed by atoms with E-state index in [1.54, 1.807) is 22.2 Å². The van der Waals surface area contributed by atoms with Crippen molar-refractivity contribution in [3.63, 3.8) is 0 Å².